The number of anilines is 3. The number of carbonyl (C=O) groups is 1. The van der Waals surface area contributed by atoms with E-state index in [0.717, 1.165) is 22.4 Å². The molecule has 0 bridgehead atoms. The van der Waals surface area contributed by atoms with Gasteiger partial charge < -0.3 is 20.1 Å². The van der Waals surface area contributed by atoms with E-state index in [9.17, 15) is 4.79 Å². The molecule has 6 aromatic rings. The van der Waals surface area contributed by atoms with E-state index in [1.807, 2.05) is 54.8 Å². The number of halogens is 2. The van der Waals surface area contributed by atoms with Crippen molar-refractivity contribution in [2.45, 2.75) is 20.3 Å². The Balaban J connectivity index is 1.51. The van der Waals surface area contributed by atoms with Gasteiger partial charge in [-0.1, -0.05) is 66.2 Å². The Morgan fingerprint density at radius 3 is 2.37 bits per heavy atom. The number of ether oxygens (including phenoxy) is 2. The van der Waals surface area contributed by atoms with Crippen molar-refractivity contribution >= 4 is 63.1 Å². The Morgan fingerprint density at radius 2 is 1.70 bits per heavy atom. The first kappa shape index (κ1) is 30.9. The number of amides is 1. The molecular formula is C35H30Cl2N6O3. The average molecular weight is 654 g/mol. The van der Waals surface area contributed by atoms with Gasteiger partial charge in [0.15, 0.2) is 5.65 Å². The molecule has 6 rings (SSSR count). The number of nitrogens with zero attached hydrogens (tertiary/aromatic N) is 4. The van der Waals surface area contributed by atoms with Gasteiger partial charge in [0.2, 0.25) is 11.9 Å². The lowest BCUT2D eigenvalue weighted by Crippen LogP contribution is -2.12. The largest absolute Gasteiger partial charge is 0.495 e. The molecule has 11 heteroatoms. The number of benzene rings is 3. The van der Waals surface area contributed by atoms with Crippen molar-refractivity contribution in [3.8, 4) is 22.6 Å². The number of fused-ring (bicyclic) bond motifs is 3. The molecule has 0 unspecified atom stereocenters. The minimum Gasteiger partial charge on any atom is -0.495 e. The minimum atomic E-state index is -0.326. The highest BCUT2D eigenvalue weighted by Gasteiger charge is 2.23. The Kier molecular flexibility index (Phi) is 8.53. The maximum absolute atomic E-state index is 12.4. The molecule has 0 radical (unpaired) electrons. The zero-order chi connectivity index (χ0) is 32.5. The maximum atomic E-state index is 12.4. The molecule has 0 spiro atoms. The van der Waals surface area contributed by atoms with Crippen LogP contribution >= 0.6 is 23.2 Å². The Hall–Kier alpha value is -5.12. The van der Waals surface area contributed by atoms with Gasteiger partial charge in [-0.3, -0.25) is 9.20 Å². The number of imidazole rings is 1. The third-order valence-corrected chi connectivity index (χ3v) is 8.27. The number of nitrogens with one attached hydrogen (secondary N) is 2. The molecule has 0 aliphatic rings. The van der Waals surface area contributed by atoms with Crippen LogP contribution in [-0.2, 0) is 11.2 Å². The summed E-state index contributed by atoms with van der Waals surface area (Å²) in [6, 6.07) is 17.6. The smallest absolute Gasteiger partial charge is 0.247 e. The van der Waals surface area contributed by atoms with Crippen LogP contribution in [0.4, 0.5) is 17.3 Å². The Bertz CT molecular complexity index is 2120. The molecule has 9 nitrogen and oxygen atoms in total. The summed E-state index contributed by atoms with van der Waals surface area (Å²) in [5, 5.41) is 7.70. The molecule has 3 aromatic heterocycles. The van der Waals surface area contributed by atoms with Gasteiger partial charge in [-0.25, -0.2) is 9.97 Å². The molecule has 3 aromatic carbocycles. The summed E-state index contributed by atoms with van der Waals surface area (Å²) in [5.74, 6) is 0.839. The van der Waals surface area contributed by atoms with Crippen LogP contribution in [0.15, 0.2) is 79.6 Å². The monoisotopic (exact) mass is 652 g/mol. The molecule has 0 fully saturated rings. The minimum absolute atomic E-state index is 0.326. The second-order valence-electron chi connectivity index (χ2n) is 10.7. The predicted molar refractivity (Wildman–Crippen MR) is 184 cm³/mol. The predicted octanol–water partition coefficient (Wildman–Crippen LogP) is 8.34. The molecule has 0 saturated carbocycles. The fourth-order valence-corrected chi connectivity index (χ4v) is 6.18. The average Bonchev–Trinajstić information content (AvgIpc) is 3.45. The van der Waals surface area contributed by atoms with Gasteiger partial charge in [0.05, 0.1) is 41.3 Å². The number of hydrogen-bond acceptors (Lipinski definition) is 7. The maximum Gasteiger partial charge on any atom is 0.247 e. The first-order valence-corrected chi connectivity index (χ1v) is 15.1. The summed E-state index contributed by atoms with van der Waals surface area (Å²) >= 11 is 13.6. The van der Waals surface area contributed by atoms with Crippen molar-refractivity contribution in [1.29, 1.82) is 0 Å². The summed E-state index contributed by atoms with van der Waals surface area (Å²) in [6.45, 7) is 7.50. The topological polar surface area (TPSA) is 103 Å². The van der Waals surface area contributed by atoms with Crippen LogP contribution in [0.3, 0.4) is 0 Å². The standard InChI is InChI=1S/C35H30Cl2N6O3/c1-6-28(44)40-25-13-19(2)12-22(14-21-10-8-7-9-11-21)32(25)41-35-38-17-23-15-24(34-39-20(3)18-43(34)33(23)42-35)29-30(36)26(45-4)16-27(46-5)31(29)37/h6-13,15-18H,1,14H2,2-5H3,(H,40,44)(H,38,41,42). The highest BCUT2D eigenvalue weighted by molar-refractivity contribution is 6.41. The Labute approximate surface area is 275 Å². The summed E-state index contributed by atoms with van der Waals surface area (Å²) in [7, 11) is 3.06. The van der Waals surface area contributed by atoms with Gasteiger partial charge in [-0.15, -0.1) is 0 Å². The lowest BCUT2D eigenvalue weighted by Gasteiger charge is -2.18. The highest BCUT2D eigenvalue weighted by Crippen LogP contribution is 2.47. The summed E-state index contributed by atoms with van der Waals surface area (Å²) in [4.78, 5) is 26.8. The van der Waals surface area contributed by atoms with E-state index in [2.05, 4.69) is 40.4 Å². The third-order valence-electron chi connectivity index (χ3n) is 7.52. The lowest BCUT2D eigenvalue weighted by molar-refractivity contribution is -0.111. The van der Waals surface area contributed by atoms with Crippen molar-refractivity contribution in [1.82, 2.24) is 19.4 Å². The summed E-state index contributed by atoms with van der Waals surface area (Å²) in [6.07, 6.45) is 5.46. The zero-order valence-corrected chi connectivity index (χ0v) is 27.1. The van der Waals surface area contributed by atoms with Gasteiger partial charge in [0.1, 0.15) is 17.1 Å². The van der Waals surface area contributed by atoms with Crippen molar-refractivity contribution < 1.29 is 14.3 Å². The van der Waals surface area contributed by atoms with E-state index >= 15 is 0 Å². The van der Waals surface area contributed by atoms with E-state index in [4.69, 9.17) is 42.6 Å². The third kappa shape index (κ3) is 5.82. The van der Waals surface area contributed by atoms with Gasteiger partial charge >= 0.3 is 0 Å². The molecule has 0 saturated heterocycles. The molecule has 1 amide bonds. The Morgan fingerprint density at radius 1 is 0.978 bits per heavy atom. The van der Waals surface area contributed by atoms with E-state index in [0.29, 0.717) is 73.1 Å². The second-order valence-corrected chi connectivity index (χ2v) is 11.5. The van der Waals surface area contributed by atoms with Crippen LogP contribution in [0.25, 0.3) is 27.8 Å². The van der Waals surface area contributed by atoms with Crippen molar-refractivity contribution in [2.24, 2.45) is 0 Å². The number of aromatic nitrogens is 4. The van der Waals surface area contributed by atoms with E-state index in [-0.39, 0.29) is 5.91 Å². The first-order valence-electron chi connectivity index (χ1n) is 14.3. The lowest BCUT2D eigenvalue weighted by atomic mass is 9.99. The van der Waals surface area contributed by atoms with E-state index < -0.39 is 0 Å². The molecule has 46 heavy (non-hydrogen) atoms. The van der Waals surface area contributed by atoms with Gasteiger partial charge in [-0.2, -0.15) is 4.98 Å². The number of aryl methyl sites for hydroxylation is 2. The SMILES string of the molecule is C=CC(=O)Nc1cc(C)cc(Cc2ccccc2)c1Nc1ncc2cc(-c3c(Cl)c(OC)cc(OC)c3Cl)c3nc(C)cn3c2n1. The number of methoxy groups -OCH3 is 2. The zero-order valence-electron chi connectivity index (χ0n) is 25.6. The number of carbonyl (C=O) groups excluding carboxylic acids is 1. The molecular weight excluding hydrogens is 623 g/mol. The van der Waals surface area contributed by atoms with Crippen LogP contribution in [-0.4, -0.2) is 39.5 Å². The molecule has 3 heterocycles. The quantitative estimate of drug-likeness (QED) is 0.151. The van der Waals surface area contributed by atoms with Gasteiger partial charge in [-0.05, 0) is 55.2 Å². The van der Waals surface area contributed by atoms with Crippen LogP contribution in [0.2, 0.25) is 10.0 Å². The number of hydrogen-bond donors (Lipinski definition) is 2. The van der Waals surface area contributed by atoms with Gasteiger partial charge in [0, 0.05) is 35.0 Å². The summed E-state index contributed by atoms with van der Waals surface area (Å²) in [5.41, 5.74) is 7.49. The fraction of sp³-hybridized carbons (Fsp3) is 0.143. The molecule has 0 aliphatic carbocycles. The molecule has 2 N–H and O–H groups in total. The van der Waals surface area contributed by atoms with Crippen molar-refractivity contribution in [3.63, 3.8) is 0 Å². The van der Waals surface area contributed by atoms with E-state index in [1.165, 1.54) is 20.3 Å². The van der Waals surface area contributed by atoms with Crippen LogP contribution in [0, 0.1) is 13.8 Å². The summed E-state index contributed by atoms with van der Waals surface area (Å²) < 4.78 is 12.9. The highest BCUT2D eigenvalue weighted by atomic mass is 35.5. The molecule has 232 valence electrons. The molecule has 0 atom stereocenters. The van der Waals surface area contributed by atoms with Gasteiger partial charge in [0.25, 0.3) is 0 Å². The number of rotatable bonds is 9. The van der Waals surface area contributed by atoms with Crippen LogP contribution < -0.4 is 20.1 Å². The first-order chi connectivity index (χ1) is 22.2. The second kappa shape index (κ2) is 12.7. The fourth-order valence-electron chi connectivity index (χ4n) is 5.47. The van der Waals surface area contributed by atoms with E-state index in [1.54, 1.807) is 12.3 Å². The van der Waals surface area contributed by atoms with Crippen molar-refractivity contribution in [2.75, 3.05) is 24.9 Å². The van der Waals surface area contributed by atoms with Crippen LogP contribution in [0.1, 0.15) is 22.4 Å². The number of pyridine rings is 1. The normalized spacial score (nSPS) is 11.1. The molecule has 0 aliphatic heterocycles. The van der Waals surface area contributed by atoms with Crippen LogP contribution in [0.5, 0.6) is 11.5 Å². The van der Waals surface area contributed by atoms with Crippen molar-refractivity contribution in [3.05, 3.63) is 112 Å².